The van der Waals surface area contributed by atoms with Crippen LogP contribution in [-0.2, 0) is 16.0 Å². The van der Waals surface area contributed by atoms with Gasteiger partial charge in [0.1, 0.15) is 0 Å². The average Bonchev–Trinajstić information content (AvgIpc) is 2.81. The molecule has 0 saturated carbocycles. The van der Waals surface area contributed by atoms with Gasteiger partial charge < -0.3 is 5.11 Å². The van der Waals surface area contributed by atoms with E-state index >= 15 is 0 Å². The van der Waals surface area contributed by atoms with E-state index in [0.29, 0.717) is 22.1 Å². The standard InChI is InChI=1S/C26H21ClF3NO3S/c1-16-15-31-25-20(7-3-8-21(25)26(28,29)30)24(16)19-6-2-5-17(13-19)18-9-10-23(22(27)14-18)35(33,34)12-4-11-32/h2-3,5-10,13-15,32H,4,11-12H2,1H3. The number of aryl methyl sites for hydroxylation is 1. The topological polar surface area (TPSA) is 67.3 Å². The van der Waals surface area contributed by atoms with Gasteiger partial charge in [0.25, 0.3) is 0 Å². The van der Waals surface area contributed by atoms with E-state index < -0.39 is 21.6 Å². The fourth-order valence-corrected chi connectivity index (χ4v) is 5.98. The third-order valence-electron chi connectivity index (χ3n) is 5.72. The molecule has 4 aromatic rings. The van der Waals surface area contributed by atoms with Crippen LogP contribution in [0.15, 0.2) is 71.8 Å². The molecule has 0 unspecified atom stereocenters. The van der Waals surface area contributed by atoms with Crippen molar-refractivity contribution < 1.29 is 26.7 Å². The molecule has 1 aromatic heterocycles. The number of fused-ring (bicyclic) bond motifs is 1. The van der Waals surface area contributed by atoms with Gasteiger partial charge >= 0.3 is 6.18 Å². The van der Waals surface area contributed by atoms with Crippen molar-refractivity contribution in [3.05, 3.63) is 83.0 Å². The van der Waals surface area contributed by atoms with E-state index in [4.69, 9.17) is 16.7 Å². The van der Waals surface area contributed by atoms with Crippen LogP contribution in [0.25, 0.3) is 33.2 Å². The van der Waals surface area contributed by atoms with Crippen LogP contribution in [0.3, 0.4) is 0 Å². The Morgan fingerprint density at radius 3 is 2.34 bits per heavy atom. The van der Waals surface area contributed by atoms with Gasteiger partial charge in [0.2, 0.25) is 0 Å². The normalized spacial score (nSPS) is 12.3. The van der Waals surface area contributed by atoms with Gasteiger partial charge in [0, 0.05) is 18.2 Å². The number of halogens is 4. The number of aliphatic hydroxyl groups is 1. The molecule has 182 valence electrons. The summed E-state index contributed by atoms with van der Waals surface area (Å²) in [4.78, 5) is 4.06. The maximum absolute atomic E-state index is 13.6. The van der Waals surface area contributed by atoms with Gasteiger partial charge in [0.05, 0.1) is 26.8 Å². The largest absolute Gasteiger partial charge is 0.418 e. The predicted octanol–water partition coefficient (Wildman–Crippen LogP) is 6.71. The zero-order valence-electron chi connectivity index (χ0n) is 18.6. The van der Waals surface area contributed by atoms with Gasteiger partial charge in [-0.1, -0.05) is 48.0 Å². The van der Waals surface area contributed by atoms with Crippen LogP contribution in [0.4, 0.5) is 13.2 Å². The summed E-state index contributed by atoms with van der Waals surface area (Å²) < 4.78 is 65.6. The first-order valence-electron chi connectivity index (χ1n) is 10.7. The van der Waals surface area contributed by atoms with Crippen molar-refractivity contribution in [1.82, 2.24) is 4.98 Å². The highest BCUT2D eigenvalue weighted by Gasteiger charge is 2.33. The maximum Gasteiger partial charge on any atom is 0.418 e. The summed E-state index contributed by atoms with van der Waals surface area (Å²) in [7, 11) is -3.64. The Hall–Kier alpha value is -2.94. The third-order valence-corrected chi connectivity index (χ3v) is 7.99. The van der Waals surface area contributed by atoms with Crippen LogP contribution in [0.5, 0.6) is 0 Å². The highest BCUT2D eigenvalue weighted by atomic mass is 35.5. The summed E-state index contributed by atoms with van der Waals surface area (Å²) in [5.74, 6) is -0.216. The van der Waals surface area contributed by atoms with E-state index in [9.17, 15) is 21.6 Å². The van der Waals surface area contributed by atoms with E-state index in [0.717, 1.165) is 17.2 Å². The molecule has 0 amide bonds. The Balaban J connectivity index is 1.81. The van der Waals surface area contributed by atoms with Crippen LogP contribution in [0.2, 0.25) is 5.02 Å². The number of rotatable bonds is 6. The summed E-state index contributed by atoms with van der Waals surface area (Å²) in [5.41, 5.74) is 2.52. The molecule has 0 aliphatic carbocycles. The van der Waals surface area contributed by atoms with Gasteiger partial charge in [-0.15, -0.1) is 0 Å². The first-order valence-corrected chi connectivity index (χ1v) is 12.8. The molecule has 0 aliphatic heterocycles. The van der Waals surface area contributed by atoms with Crippen molar-refractivity contribution in [3.8, 4) is 22.3 Å². The summed E-state index contributed by atoms with van der Waals surface area (Å²) in [5, 5.41) is 9.39. The number of benzene rings is 3. The Labute approximate surface area is 205 Å². The number of nitrogens with zero attached hydrogens (tertiary/aromatic N) is 1. The van der Waals surface area contributed by atoms with Gasteiger partial charge in [-0.25, -0.2) is 8.42 Å². The lowest BCUT2D eigenvalue weighted by atomic mass is 9.93. The number of hydrogen-bond acceptors (Lipinski definition) is 4. The molecule has 0 fully saturated rings. The Morgan fingerprint density at radius 2 is 1.66 bits per heavy atom. The molecule has 9 heteroatoms. The zero-order valence-corrected chi connectivity index (χ0v) is 20.2. The second-order valence-corrected chi connectivity index (χ2v) is 10.6. The van der Waals surface area contributed by atoms with E-state index in [1.165, 1.54) is 18.3 Å². The Bertz CT molecular complexity index is 1520. The molecular weight excluding hydrogens is 499 g/mol. The monoisotopic (exact) mass is 519 g/mol. The first kappa shape index (κ1) is 25.2. The number of pyridine rings is 1. The summed E-state index contributed by atoms with van der Waals surface area (Å²) in [6.45, 7) is 1.55. The quantitative estimate of drug-likeness (QED) is 0.307. The molecule has 0 aliphatic rings. The number of para-hydroxylation sites is 1. The molecule has 35 heavy (non-hydrogen) atoms. The Kier molecular flexibility index (Phi) is 6.90. The lowest BCUT2D eigenvalue weighted by molar-refractivity contribution is -0.136. The molecule has 3 aromatic carbocycles. The van der Waals surface area contributed by atoms with Crippen LogP contribution in [0.1, 0.15) is 17.5 Å². The fraction of sp³-hybridized carbons (Fsp3) is 0.192. The zero-order chi connectivity index (χ0) is 25.4. The molecule has 0 spiro atoms. The van der Waals surface area contributed by atoms with Gasteiger partial charge in [0.15, 0.2) is 9.84 Å². The Morgan fingerprint density at radius 1 is 0.971 bits per heavy atom. The van der Waals surface area contributed by atoms with Crippen LogP contribution in [0, 0.1) is 6.92 Å². The molecule has 4 nitrogen and oxygen atoms in total. The average molecular weight is 520 g/mol. The van der Waals surface area contributed by atoms with Gasteiger partial charge in [-0.3, -0.25) is 4.98 Å². The molecule has 4 rings (SSSR count). The summed E-state index contributed by atoms with van der Waals surface area (Å²) in [6, 6.07) is 15.8. The minimum atomic E-state index is -4.53. The van der Waals surface area contributed by atoms with E-state index in [1.54, 1.807) is 37.3 Å². The van der Waals surface area contributed by atoms with Crippen molar-refractivity contribution in [2.45, 2.75) is 24.4 Å². The van der Waals surface area contributed by atoms with Crippen molar-refractivity contribution >= 4 is 32.3 Å². The fourth-order valence-electron chi connectivity index (χ4n) is 4.09. The number of aromatic nitrogens is 1. The minimum absolute atomic E-state index is 0.0110. The molecule has 1 heterocycles. The number of sulfone groups is 1. The highest BCUT2D eigenvalue weighted by Crippen LogP contribution is 2.39. The minimum Gasteiger partial charge on any atom is -0.396 e. The predicted molar refractivity (Wildman–Crippen MR) is 131 cm³/mol. The summed E-state index contributed by atoms with van der Waals surface area (Å²) >= 11 is 6.31. The van der Waals surface area contributed by atoms with Crippen molar-refractivity contribution in [2.75, 3.05) is 12.4 Å². The SMILES string of the molecule is Cc1cnc2c(C(F)(F)F)cccc2c1-c1cccc(-c2ccc(S(=O)(=O)CCCO)c(Cl)c2)c1. The lowest BCUT2D eigenvalue weighted by Gasteiger charge is -2.15. The molecular formula is C26H21ClF3NO3S. The van der Waals surface area contributed by atoms with E-state index in [-0.39, 0.29) is 34.2 Å². The summed E-state index contributed by atoms with van der Waals surface area (Å²) in [6.07, 6.45) is -2.99. The van der Waals surface area contributed by atoms with E-state index in [1.807, 2.05) is 12.1 Å². The molecule has 1 N–H and O–H groups in total. The van der Waals surface area contributed by atoms with Crippen molar-refractivity contribution in [1.29, 1.82) is 0 Å². The highest BCUT2D eigenvalue weighted by molar-refractivity contribution is 7.91. The van der Waals surface area contributed by atoms with Crippen LogP contribution in [-0.4, -0.2) is 30.9 Å². The second kappa shape index (κ2) is 9.60. The molecule has 0 bridgehead atoms. The molecule has 0 radical (unpaired) electrons. The number of aliphatic hydroxyl groups excluding tert-OH is 1. The molecule has 0 saturated heterocycles. The van der Waals surface area contributed by atoms with Crippen LogP contribution >= 0.6 is 11.6 Å². The smallest absolute Gasteiger partial charge is 0.396 e. The van der Waals surface area contributed by atoms with Crippen LogP contribution < -0.4 is 0 Å². The van der Waals surface area contributed by atoms with Crippen molar-refractivity contribution in [3.63, 3.8) is 0 Å². The third kappa shape index (κ3) is 5.05. The maximum atomic E-state index is 13.6. The van der Waals surface area contributed by atoms with Crippen molar-refractivity contribution in [2.24, 2.45) is 0 Å². The van der Waals surface area contributed by atoms with E-state index in [2.05, 4.69) is 4.98 Å². The second-order valence-electron chi connectivity index (χ2n) is 8.14. The van der Waals surface area contributed by atoms with Gasteiger partial charge in [-0.2, -0.15) is 13.2 Å². The first-order chi connectivity index (χ1) is 16.5. The number of hydrogen-bond donors (Lipinski definition) is 1. The molecule has 0 atom stereocenters. The van der Waals surface area contributed by atoms with Gasteiger partial charge in [-0.05, 0) is 65.4 Å². The lowest BCUT2D eigenvalue weighted by Crippen LogP contribution is -2.08. The number of alkyl halides is 3.